The monoisotopic (exact) mass is 365 g/mol. The van der Waals surface area contributed by atoms with Crippen molar-refractivity contribution < 1.29 is 14.2 Å². The molecule has 0 aliphatic carbocycles. The molecule has 0 saturated carbocycles. The minimum Gasteiger partial charge on any atom is -0.493 e. The summed E-state index contributed by atoms with van der Waals surface area (Å²) in [7, 11) is 3.39. The molecule has 0 bridgehead atoms. The molecule has 2 rings (SSSR count). The van der Waals surface area contributed by atoms with Gasteiger partial charge in [-0.25, -0.2) is 0 Å². The first-order chi connectivity index (χ1) is 11.7. The first kappa shape index (κ1) is 21.3. The van der Waals surface area contributed by atoms with Crippen molar-refractivity contribution in [3.63, 3.8) is 0 Å². The van der Waals surface area contributed by atoms with Gasteiger partial charge in [-0.1, -0.05) is 42.0 Å². The lowest BCUT2D eigenvalue weighted by atomic mass is 10.0. The summed E-state index contributed by atoms with van der Waals surface area (Å²) in [5.41, 5.74) is 2.42. The average molecular weight is 366 g/mol. The van der Waals surface area contributed by atoms with Crippen molar-refractivity contribution in [1.29, 1.82) is 0 Å². The molecule has 0 aromatic heterocycles. The Labute approximate surface area is 156 Å². The van der Waals surface area contributed by atoms with Crippen molar-refractivity contribution in [2.75, 3.05) is 27.4 Å². The normalized spacial score (nSPS) is 12.8. The van der Waals surface area contributed by atoms with Crippen LogP contribution in [0.15, 0.2) is 48.5 Å². The molecular weight excluding hydrogens is 338 g/mol. The van der Waals surface area contributed by atoms with Gasteiger partial charge in [-0.3, -0.25) is 0 Å². The van der Waals surface area contributed by atoms with Crippen LogP contribution in [0, 0.1) is 6.92 Å². The van der Waals surface area contributed by atoms with Gasteiger partial charge >= 0.3 is 0 Å². The van der Waals surface area contributed by atoms with Crippen LogP contribution in [-0.2, 0) is 4.74 Å². The Morgan fingerprint density at radius 3 is 2.20 bits per heavy atom. The molecule has 4 nitrogen and oxygen atoms in total. The van der Waals surface area contributed by atoms with Gasteiger partial charge in [0.1, 0.15) is 6.61 Å². The number of halogens is 1. The maximum absolute atomic E-state index is 5.78. The number of hydrogen-bond acceptors (Lipinski definition) is 4. The number of ether oxygens (including phenoxy) is 3. The van der Waals surface area contributed by atoms with Crippen LogP contribution in [0.3, 0.4) is 0 Å². The molecule has 138 valence electrons. The van der Waals surface area contributed by atoms with Gasteiger partial charge in [0.05, 0.1) is 13.2 Å². The molecule has 0 amide bonds. The van der Waals surface area contributed by atoms with Crippen LogP contribution in [0.4, 0.5) is 0 Å². The standard InChI is InChI=1S/C20H27NO3.ClH/c1-15-9-11-17(12-10-15)20(23-4)16(2)21-13-14-24-19-8-6-5-7-18(19)22-3;/h5-12,16,20-21H,13-14H2,1-4H3;1H. The van der Waals surface area contributed by atoms with Crippen molar-refractivity contribution in [1.82, 2.24) is 5.32 Å². The highest BCUT2D eigenvalue weighted by atomic mass is 35.5. The van der Waals surface area contributed by atoms with E-state index in [4.69, 9.17) is 14.2 Å². The Bertz CT molecular complexity index is 619. The molecule has 2 aromatic carbocycles. The van der Waals surface area contributed by atoms with E-state index >= 15 is 0 Å². The van der Waals surface area contributed by atoms with E-state index in [9.17, 15) is 0 Å². The molecule has 0 saturated heterocycles. The average Bonchev–Trinajstić information content (AvgIpc) is 2.61. The topological polar surface area (TPSA) is 39.7 Å². The highest BCUT2D eigenvalue weighted by molar-refractivity contribution is 5.85. The SMILES string of the molecule is COc1ccccc1OCCNC(C)C(OC)c1ccc(C)cc1.Cl. The predicted molar refractivity (Wildman–Crippen MR) is 104 cm³/mol. The van der Waals surface area contributed by atoms with Crippen LogP contribution in [0.25, 0.3) is 0 Å². The first-order valence-corrected chi connectivity index (χ1v) is 8.24. The summed E-state index contributed by atoms with van der Waals surface area (Å²) in [6, 6.07) is 16.3. The van der Waals surface area contributed by atoms with Crippen molar-refractivity contribution in [2.45, 2.75) is 26.0 Å². The lowest BCUT2D eigenvalue weighted by molar-refractivity contribution is 0.0722. The van der Waals surface area contributed by atoms with E-state index in [0.717, 1.165) is 18.0 Å². The summed E-state index contributed by atoms with van der Waals surface area (Å²) >= 11 is 0. The van der Waals surface area contributed by atoms with E-state index < -0.39 is 0 Å². The van der Waals surface area contributed by atoms with Crippen LogP contribution in [0.2, 0.25) is 0 Å². The van der Waals surface area contributed by atoms with Crippen LogP contribution in [0.1, 0.15) is 24.2 Å². The summed E-state index contributed by atoms with van der Waals surface area (Å²) in [6.07, 6.45) is 0.0110. The van der Waals surface area contributed by atoms with Crippen LogP contribution >= 0.6 is 12.4 Å². The zero-order valence-electron chi connectivity index (χ0n) is 15.3. The fourth-order valence-corrected chi connectivity index (χ4v) is 2.68. The van der Waals surface area contributed by atoms with Gasteiger partial charge < -0.3 is 19.5 Å². The second kappa shape index (κ2) is 11.0. The van der Waals surface area contributed by atoms with Crippen LogP contribution in [0.5, 0.6) is 11.5 Å². The highest BCUT2D eigenvalue weighted by Gasteiger charge is 2.18. The van der Waals surface area contributed by atoms with Crippen molar-refractivity contribution in [3.8, 4) is 11.5 Å². The summed E-state index contributed by atoms with van der Waals surface area (Å²) < 4.78 is 16.7. The molecule has 0 radical (unpaired) electrons. The van der Waals surface area contributed by atoms with E-state index in [1.165, 1.54) is 11.1 Å². The van der Waals surface area contributed by atoms with Gasteiger partial charge in [0.25, 0.3) is 0 Å². The number of nitrogens with one attached hydrogen (secondary N) is 1. The maximum Gasteiger partial charge on any atom is 0.161 e. The fraction of sp³-hybridized carbons (Fsp3) is 0.400. The van der Waals surface area contributed by atoms with E-state index in [1.54, 1.807) is 14.2 Å². The number of para-hydroxylation sites is 2. The number of aryl methyl sites for hydroxylation is 1. The number of methoxy groups -OCH3 is 2. The van der Waals surface area contributed by atoms with Crippen LogP contribution < -0.4 is 14.8 Å². The van der Waals surface area contributed by atoms with E-state index in [2.05, 4.69) is 43.4 Å². The van der Waals surface area contributed by atoms with Crippen LogP contribution in [-0.4, -0.2) is 33.4 Å². The largest absolute Gasteiger partial charge is 0.493 e. The molecule has 0 fully saturated rings. The molecule has 0 aliphatic heterocycles. The number of benzene rings is 2. The molecule has 5 heteroatoms. The van der Waals surface area contributed by atoms with E-state index in [0.29, 0.717) is 6.61 Å². The minimum atomic E-state index is 0. The Kier molecular flexibility index (Phi) is 9.35. The second-order valence-corrected chi connectivity index (χ2v) is 5.81. The quantitative estimate of drug-likeness (QED) is 0.677. The Hall–Kier alpha value is -1.75. The van der Waals surface area contributed by atoms with Gasteiger partial charge in [-0.2, -0.15) is 0 Å². The first-order valence-electron chi connectivity index (χ1n) is 8.24. The molecule has 0 aliphatic rings. The van der Waals surface area contributed by atoms with Crippen molar-refractivity contribution in [3.05, 3.63) is 59.7 Å². The van der Waals surface area contributed by atoms with Gasteiger partial charge in [-0.05, 0) is 31.5 Å². The lowest BCUT2D eigenvalue weighted by Crippen LogP contribution is -2.35. The molecule has 0 spiro atoms. The third-order valence-electron chi connectivity index (χ3n) is 4.01. The minimum absolute atomic E-state index is 0. The fourth-order valence-electron chi connectivity index (χ4n) is 2.68. The van der Waals surface area contributed by atoms with Gasteiger partial charge in [0.2, 0.25) is 0 Å². The summed E-state index contributed by atoms with van der Waals surface area (Å²) in [6.45, 7) is 5.50. The van der Waals surface area contributed by atoms with E-state index in [1.807, 2.05) is 24.3 Å². The Balaban J connectivity index is 0.00000312. The van der Waals surface area contributed by atoms with Crippen molar-refractivity contribution in [2.24, 2.45) is 0 Å². The molecular formula is C20H28ClNO3. The predicted octanol–water partition coefficient (Wildman–Crippen LogP) is 4.17. The maximum atomic E-state index is 5.78. The van der Waals surface area contributed by atoms with Gasteiger partial charge in [0.15, 0.2) is 11.5 Å². The van der Waals surface area contributed by atoms with Crippen molar-refractivity contribution >= 4 is 12.4 Å². The molecule has 2 atom stereocenters. The highest BCUT2D eigenvalue weighted by Crippen LogP contribution is 2.25. The number of hydrogen-bond donors (Lipinski definition) is 1. The zero-order chi connectivity index (χ0) is 17.4. The third kappa shape index (κ3) is 6.24. The summed E-state index contributed by atoms with van der Waals surface area (Å²) in [5, 5.41) is 3.46. The number of rotatable bonds is 9. The van der Waals surface area contributed by atoms with Gasteiger partial charge in [-0.15, -0.1) is 12.4 Å². The Morgan fingerprint density at radius 2 is 1.60 bits per heavy atom. The third-order valence-corrected chi connectivity index (χ3v) is 4.01. The summed E-state index contributed by atoms with van der Waals surface area (Å²) in [4.78, 5) is 0. The molecule has 2 aromatic rings. The van der Waals surface area contributed by atoms with E-state index in [-0.39, 0.29) is 24.6 Å². The van der Waals surface area contributed by atoms with Gasteiger partial charge in [0, 0.05) is 19.7 Å². The summed E-state index contributed by atoms with van der Waals surface area (Å²) in [5.74, 6) is 1.51. The second-order valence-electron chi connectivity index (χ2n) is 5.81. The zero-order valence-corrected chi connectivity index (χ0v) is 16.1. The molecule has 25 heavy (non-hydrogen) atoms. The molecule has 0 heterocycles. The Morgan fingerprint density at radius 1 is 0.960 bits per heavy atom. The smallest absolute Gasteiger partial charge is 0.161 e. The lowest BCUT2D eigenvalue weighted by Gasteiger charge is -2.24. The molecule has 1 N–H and O–H groups in total. The molecule has 2 unspecified atom stereocenters.